The van der Waals surface area contributed by atoms with Gasteiger partial charge in [0.15, 0.2) is 5.84 Å². The number of nitrogens with one attached hydrogen (secondary N) is 1. The second-order valence-corrected chi connectivity index (χ2v) is 3.00. The zero-order valence-electron chi connectivity index (χ0n) is 7.88. The number of nitrogens with zero attached hydrogens (tertiary/aromatic N) is 2. The van der Waals surface area contributed by atoms with Crippen LogP contribution in [0.2, 0.25) is 0 Å². The fraction of sp³-hybridized carbons (Fsp3) is 0. The van der Waals surface area contributed by atoms with Crippen molar-refractivity contribution < 1.29 is 5.21 Å². The van der Waals surface area contributed by atoms with Crippen molar-refractivity contribution in [1.29, 1.82) is 0 Å². The van der Waals surface area contributed by atoms with Gasteiger partial charge in [-0.1, -0.05) is 29.4 Å². The van der Waals surface area contributed by atoms with Gasteiger partial charge in [0.2, 0.25) is 0 Å². The zero-order chi connectivity index (χ0) is 10.7. The Bertz CT molecular complexity index is 476. The maximum absolute atomic E-state index is 8.65. The lowest BCUT2D eigenvalue weighted by molar-refractivity contribution is 0.318. The number of aromatic amines is 1. The van der Waals surface area contributed by atoms with Gasteiger partial charge in [-0.05, 0) is 0 Å². The molecule has 15 heavy (non-hydrogen) atoms. The summed E-state index contributed by atoms with van der Waals surface area (Å²) in [6.07, 6.45) is 3.27. The van der Waals surface area contributed by atoms with Crippen molar-refractivity contribution in [2.24, 2.45) is 10.9 Å². The topological polar surface area (TPSA) is 87.3 Å². The van der Waals surface area contributed by atoms with E-state index >= 15 is 0 Å². The van der Waals surface area contributed by atoms with Crippen molar-refractivity contribution in [3.8, 4) is 11.3 Å². The van der Waals surface area contributed by atoms with Crippen LogP contribution in [-0.2, 0) is 0 Å². The van der Waals surface area contributed by atoms with Crippen LogP contribution in [-0.4, -0.2) is 21.0 Å². The largest absolute Gasteiger partial charge is 0.409 e. The number of rotatable bonds is 2. The molecule has 2 aromatic rings. The van der Waals surface area contributed by atoms with Gasteiger partial charge in [0.05, 0.1) is 18.2 Å². The van der Waals surface area contributed by atoms with E-state index in [1.54, 1.807) is 18.6 Å². The summed E-state index contributed by atoms with van der Waals surface area (Å²) in [5.74, 6) is 0.0835. The number of hydrogen-bond donors (Lipinski definition) is 3. The van der Waals surface area contributed by atoms with Crippen LogP contribution in [0.5, 0.6) is 0 Å². The Balaban J connectivity index is 2.57. The van der Waals surface area contributed by atoms with E-state index in [2.05, 4.69) is 15.1 Å². The summed E-state index contributed by atoms with van der Waals surface area (Å²) >= 11 is 0. The Labute approximate surface area is 86.3 Å². The monoisotopic (exact) mass is 202 g/mol. The van der Waals surface area contributed by atoms with Crippen LogP contribution in [0.1, 0.15) is 5.56 Å². The number of H-pyrrole nitrogens is 1. The predicted molar refractivity (Wildman–Crippen MR) is 56.5 cm³/mol. The van der Waals surface area contributed by atoms with Crippen LogP contribution in [0.25, 0.3) is 11.3 Å². The van der Waals surface area contributed by atoms with E-state index in [4.69, 9.17) is 10.9 Å². The first-order valence-corrected chi connectivity index (χ1v) is 4.38. The van der Waals surface area contributed by atoms with E-state index in [9.17, 15) is 0 Å². The van der Waals surface area contributed by atoms with Crippen molar-refractivity contribution in [2.45, 2.75) is 0 Å². The maximum Gasteiger partial charge on any atom is 0.170 e. The highest BCUT2D eigenvalue weighted by atomic mass is 16.4. The minimum absolute atomic E-state index is 0.0835. The van der Waals surface area contributed by atoms with Crippen LogP contribution in [0.4, 0.5) is 0 Å². The molecule has 1 aromatic heterocycles. The van der Waals surface area contributed by atoms with E-state index in [-0.39, 0.29) is 5.84 Å². The molecule has 0 aliphatic heterocycles. The molecule has 0 aliphatic carbocycles. The molecule has 0 aliphatic rings. The number of aromatic nitrogens is 2. The highest BCUT2D eigenvalue weighted by Gasteiger charge is 2.08. The van der Waals surface area contributed by atoms with Crippen LogP contribution < -0.4 is 5.73 Å². The van der Waals surface area contributed by atoms with Gasteiger partial charge in [-0.15, -0.1) is 0 Å². The fourth-order valence-electron chi connectivity index (χ4n) is 1.40. The Morgan fingerprint density at radius 2 is 2.20 bits per heavy atom. The zero-order valence-corrected chi connectivity index (χ0v) is 7.88. The van der Waals surface area contributed by atoms with Gasteiger partial charge in [0, 0.05) is 11.1 Å². The molecule has 0 amide bonds. The van der Waals surface area contributed by atoms with Gasteiger partial charge in [-0.2, -0.15) is 0 Å². The summed E-state index contributed by atoms with van der Waals surface area (Å²) < 4.78 is 0. The van der Waals surface area contributed by atoms with Crippen LogP contribution >= 0.6 is 0 Å². The SMILES string of the molecule is N/C(=N\O)c1ccccc1-c1cnc[nH]1. The molecular weight excluding hydrogens is 192 g/mol. The molecule has 0 bridgehead atoms. The second kappa shape index (κ2) is 3.83. The van der Waals surface area contributed by atoms with E-state index in [0.717, 1.165) is 11.3 Å². The number of nitrogens with two attached hydrogens (primary N) is 1. The van der Waals surface area contributed by atoms with Crippen LogP contribution in [0, 0.1) is 0 Å². The van der Waals surface area contributed by atoms with Crippen molar-refractivity contribution in [3.05, 3.63) is 42.4 Å². The van der Waals surface area contributed by atoms with Crippen molar-refractivity contribution >= 4 is 5.84 Å². The number of imidazole rings is 1. The molecule has 5 nitrogen and oxygen atoms in total. The fourth-order valence-corrected chi connectivity index (χ4v) is 1.40. The highest BCUT2D eigenvalue weighted by Crippen LogP contribution is 2.20. The van der Waals surface area contributed by atoms with E-state index in [1.807, 2.05) is 18.2 Å². The first-order valence-electron chi connectivity index (χ1n) is 4.38. The van der Waals surface area contributed by atoms with Crippen molar-refractivity contribution in [3.63, 3.8) is 0 Å². The summed E-state index contributed by atoms with van der Waals surface area (Å²) in [5, 5.41) is 11.6. The molecule has 1 aromatic carbocycles. The Kier molecular flexibility index (Phi) is 2.37. The number of oxime groups is 1. The summed E-state index contributed by atoms with van der Waals surface area (Å²) in [7, 11) is 0. The van der Waals surface area contributed by atoms with Gasteiger partial charge < -0.3 is 15.9 Å². The third-order valence-corrected chi connectivity index (χ3v) is 2.10. The lowest BCUT2D eigenvalue weighted by atomic mass is 10.0. The second-order valence-electron chi connectivity index (χ2n) is 3.00. The lowest BCUT2D eigenvalue weighted by Crippen LogP contribution is -2.14. The van der Waals surface area contributed by atoms with Gasteiger partial charge in [0.25, 0.3) is 0 Å². The minimum Gasteiger partial charge on any atom is -0.409 e. The molecule has 0 saturated carbocycles. The summed E-state index contributed by atoms with van der Waals surface area (Å²) in [6, 6.07) is 7.36. The van der Waals surface area contributed by atoms with Crippen molar-refractivity contribution in [2.75, 3.05) is 0 Å². The van der Waals surface area contributed by atoms with Gasteiger partial charge >= 0.3 is 0 Å². The molecule has 76 valence electrons. The molecule has 0 atom stereocenters. The normalized spacial score (nSPS) is 11.6. The summed E-state index contributed by atoms with van der Waals surface area (Å²) in [5.41, 5.74) is 7.92. The van der Waals surface area contributed by atoms with Gasteiger partial charge in [-0.25, -0.2) is 4.98 Å². The Morgan fingerprint density at radius 1 is 1.40 bits per heavy atom. The molecule has 0 saturated heterocycles. The van der Waals surface area contributed by atoms with E-state index < -0.39 is 0 Å². The first kappa shape index (κ1) is 9.26. The highest BCUT2D eigenvalue weighted by molar-refractivity contribution is 6.02. The number of amidine groups is 1. The molecule has 0 spiro atoms. The third kappa shape index (κ3) is 1.67. The lowest BCUT2D eigenvalue weighted by Gasteiger charge is -2.05. The standard InChI is InChI=1S/C10H10N4O/c11-10(14-15)8-4-2-1-3-7(8)9-5-12-6-13-9/h1-6,15H,(H2,11,14)(H,12,13). The summed E-state index contributed by atoms with van der Waals surface area (Å²) in [4.78, 5) is 6.90. The average Bonchev–Trinajstić information content (AvgIpc) is 2.81. The first-order chi connectivity index (χ1) is 7.33. The quantitative estimate of drug-likeness (QED) is 0.295. The van der Waals surface area contributed by atoms with Gasteiger partial charge in [-0.3, -0.25) is 0 Å². The number of hydrogen-bond acceptors (Lipinski definition) is 3. The molecule has 2 rings (SSSR count). The van der Waals surface area contributed by atoms with Crippen LogP contribution in [0.3, 0.4) is 0 Å². The molecule has 0 unspecified atom stereocenters. The molecule has 0 fully saturated rings. The molecule has 4 N–H and O–H groups in total. The predicted octanol–water partition coefficient (Wildman–Crippen LogP) is 1.17. The summed E-state index contributed by atoms with van der Waals surface area (Å²) in [6.45, 7) is 0. The van der Waals surface area contributed by atoms with E-state index in [0.29, 0.717) is 5.56 Å². The average molecular weight is 202 g/mol. The Morgan fingerprint density at radius 3 is 2.87 bits per heavy atom. The van der Waals surface area contributed by atoms with Gasteiger partial charge in [0.1, 0.15) is 0 Å². The molecule has 0 radical (unpaired) electrons. The molecule has 1 heterocycles. The minimum atomic E-state index is 0.0835. The number of benzene rings is 1. The van der Waals surface area contributed by atoms with Crippen LogP contribution in [0.15, 0.2) is 41.9 Å². The smallest absolute Gasteiger partial charge is 0.170 e. The molecular formula is C10H10N4O. The third-order valence-electron chi connectivity index (χ3n) is 2.10. The maximum atomic E-state index is 8.65. The van der Waals surface area contributed by atoms with E-state index in [1.165, 1.54) is 0 Å². The molecule has 5 heteroatoms. The Hall–Kier alpha value is -2.30. The van der Waals surface area contributed by atoms with Crippen molar-refractivity contribution in [1.82, 2.24) is 9.97 Å².